The van der Waals surface area contributed by atoms with Gasteiger partial charge in [0.1, 0.15) is 6.54 Å². The van der Waals surface area contributed by atoms with Crippen molar-refractivity contribution in [3.63, 3.8) is 0 Å². The molecule has 3 rings (SSSR count). The largest absolute Gasteiger partial charge is 0.480 e. The summed E-state index contributed by atoms with van der Waals surface area (Å²) in [6.07, 6.45) is 2.09. The maximum absolute atomic E-state index is 12.5. The number of benzene rings is 2. The van der Waals surface area contributed by atoms with Gasteiger partial charge in [-0.15, -0.1) is 0 Å². The molecule has 0 aromatic heterocycles. The summed E-state index contributed by atoms with van der Waals surface area (Å²) in [6.45, 7) is 2.28. The molecule has 0 radical (unpaired) electrons. The first-order valence-electron chi connectivity index (χ1n) is 7.92. The van der Waals surface area contributed by atoms with E-state index in [0.717, 1.165) is 35.4 Å². The Morgan fingerprint density at radius 1 is 1.12 bits per heavy atom. The van der Waals surface area contributed by atoms with Crippen LogP contribution in [-0.2, 0) is 4.79 Å². The van der Waals surface area contributed by atoms with Crippen LogP contribution in [-0.4, -0.2) is 40.9 Å². The Kier molecular flexibility index (Phi) is 4.20. The Labute approximate surface area is 139 Å². The lowest BCUT2D eigenvalue weighted by atomic mass is 9.93. The quantitative estimate of drug-likeness (QED) is 0.629. The Balaban J connectivity index is 2.11. The molecule has 2 aromatic carbocycles. The topological polar surface area (TPSA) is 86.7 Å². The number of nitrogens with zero attached hydrogens (tertiary/aromatic N) is 1. The smallest absolute Gasteiger partial charge is 0.323 e. The third kappa shape index (κ3) is 2.60. The average molecular weight is 326 g/mol. The zero-order chi connectivity index (χ0) is 17.3. The third-order valence-electron chi connectivity index (χ3n) is 4.13. The van der Waals surface area contributed by atoms with Crippen molar-refractivity contribution in [2.24, 2.45) is 0 Å². The van der Waals surface area contributed by atoms with Crippen molar-refractivity contribution in [3.8, 4) is 0 Å². The average Bonchev–Trinajstić information content (AvgIpc) is 2.57. The van der Waals surface area contributed by atoms with Crippen molar-refractivity contribution >= 4 is 34.2 Å². The second-order valence-electron chi connectivity index (χ2n) is 5.76. The summed E-state index contributed by atoms with van der Waals surface area (Å²) in [6, 6.07) is 8.71. The zero-order valence-electron chi connectivity index (χ0n) is 13.3. The van der Waals surface area contributed by atoms with Gasteiger partial charge in [-0.1, -0.05) is 25.5 Å². The molecule has 2 amide bonds. The van der Waals surface area contributed by atoms with Gasteiger partial charge < -0.3 is 10.4 Å². The number of carbonyl (C=O) groups excluding carboxylic acids is 2. The summed E-state index contributed by atoms with van der Waals surface area (Å²) >= 11 is 0. The number of carbonyl (C=O) groups is 3. The molecular formula is C18H18N2O4. The number of hydrogen-bond acceptors (Lipinski definition) is 4. The summed E-state index contributed by atoms with van der Waals surface area (Å²) in [7, 11) is 0. The number of unbranched alkanes of at least 4 members (excludes halogenated alkanes) is 1. The van der Waals surface area contributed by atoms with Crippen molar-refractivity contribution in [1.29, 1.82) is 0 Å². The van der Waals surface area contributed by atoms with E-state index in [9.17, 15) is 14.4 Å². The molecule has 0 spiro atoms. The van der Waals surface area contributed by atoms with Gasteiger partial charge in [-0.3, -0.25) is 19.3 Å². The second kappa shape index (κ2) is 6.31. The Morgan fingerprint density at radius 2 is 1.83 bits per heavy atom. The fourth-order valence-electron chi connectivity index (χ4n) is 2.98. The van der Waals surface area contributed by atoms with Crippen LogP contribution in [0.25, 0.3) is 10.8 Å². The van der Waals surface area contributed by atoms with Gasteiger partial charge >= 0.3 is 5.97 Å². The minimum absolute atomic E-state index is 0.363. The van der Waals surface area contributed by atoms with E-state index in [-0.39, 0.29) is 0 Å². The summed E-state index contributed by atoms with van der Waals surface area (Å²) in [5.41, 5.74) is 1.60. The van der Waals surface area contributed by atoms with Gasteiger partial charge in [-0.25, -0.2) is 0 Å². The van der Waals surface area contributed by atoms with Crippen LogP contribution in [0, 0.1) is 0 Å². The van der Waals surface area contributed by atoms with Gasteiger partial charge in [0, 0.05) is 34.1 Å². The fraction of sp³-hybridized carbons (Fsp3) is 0.278. The van der Waals surface area contributed by atoms with E-state index in [0.29, 0.717) is 16.5 Å². The molecule has 0 atom stereocenters. The molecule has 1 aliphatic heterocycles. The van der Waals surface area contributed by atoms with Crippen LogP contribution in [0.4, 0.5) is 5.69 Å². The Bertz CT molecular complexity index is 822. The highest BCUT2D eigenvalue weighted by molar-refractivity contribution is 6.27. The molecular weight excluding hydrogens is 308 g/mol. The minimum Gasteiger partial charge on any atom is -0.480 e. The Morgan fingerprint density at radius 3 is 2.50 bits per heavy atom. The monoisotopic (exact) mass is 326 g/mol. The van der Waals surface area contributed by atoms with Crippen molar-refractivity contribution in [1.82, 2.24) is 4.90 Å². The summed E-state index contributed by atoms with van der Waals surface area (Å²) < 4.78 is 0. The summed E-state index contributed by atoms with van der Waals surface area (Å²) in [5, 5.41) is 13.7. The molecule has 124 valence electrons. The van der Waals surface area contributed by atoms with Crippen LogP contribution < -0.4 is 5.32 Å². The molecule has 6 nitrogen and oxygen atoms in total. The highest BCUT2D eigenvalue weighted by Crippen LogP contribution is 2.34. The molecule has 0 saturated carbocycles. The first-order valence-corrected chi connectivity index (χ1v) is 7.92. The van der Waals surface area contributed by atoms with Crippen molar-refractivity contribution in [2.75, 3.05) is 18.4 Å². The maximum atomic E-state index is 12.5. The minimum atomic E-state index is -1.22. The van der Waals surface area contributed by atoms with Crippen molar-refractivity contribution < 1.29 is 19.5 Å². The number of imide groups is 1. The van der Waals surface area contributed by atoms with Crippen LogP contribution in [0.2, 0.25) is 0 Å². The number of aliphatic carboxylic acids is 1. The fourth-order valence-corrected chi connectivity index (χ4v) is 2.98. The normalized spacial score (nSPS) is 13.5. The lowest BCUT2D eigenvalue weighted by molar-refractivity contribution is -0.137. The number of amides is 2. The lowest BCUT2D eigenvalue weighted by Crippen LogP contribution is -2.43. The third-order valence-corrected chi connectivity index (χ3v) is 4.13. The Hall–Kier alpha value is -2.89. The molecule has 0 bridgehead atoms. The number of carboxylic acids is 1. The first-order chi connectivity index (χ1) is 11.5. The highest BCUT2D eigenvalue weighted by atomic mass is 16.4. The van der Waals surface area contributed by atoms with E-state index in [4.69, 9.17) is 5.11 Å². The van der Waals surface area contributed by atoms with Crippen LogP contribution >= 0.6 is 0 Å². The molecule has 0 fully saturated rings. The second-order valence-corrected chi connectivity index (χ2v) is 5.76. The molecule has 24 heavy (non-hydrogen) atoms. The van der Waals surface area contributed by atoms with Gasteiger partial charge in [0.15, 0.2) is 0 Å². The first kappa shape index (κ1) is 16.0. The number of carboxylic acid groups (broad SMARTS) is 1. The molecule has 6 heteroatoms. The predicted molar refractivity (Wildman–Crippen MR) is 90.3 cm³/mol. The van der Waals surface area contributed by atoms with E-state index in [1.807, 2.05) is 12.1 Å². The van der Waals surface area contributed by atoms with Crippen LogP contribution in [0.3, 0.4) is 0 Å². The highest BCUT2D eigenvalue weighted by Gasteiger charge is 2.34. The van der Waals surface area contributed by atoms with Crippen LogP contribution in [0.15, 0.2) is 30.3 Å². The number of nitrogens with one attached hydrogen (secondary N) is 1. The van der Waals surface area contributed by atoms with E-state index in [1.54, 1.807) is 18.2 Å². The number of rotatable bonds is 6. The molecule has 0 unspecified atom stereocenters. The van der Waals surface area contributed by atoms with Gasteiger partial charge in [-0.05, 0) is 24.6 Å². The van der Waals surface area contributed by atoms with Crippen molar-refractivity contribution in [2.45, 2.75) is 19.8 Å². The lowest BCUT2D eigenvalue weighted by Gasteiger charge is -2.26. The molecule has 2 aromatic rings. The summed E-state index contributed by atoms with van der Waals surface area (Å²) in [5.74, 6) is -2.34. The summed E-state index contributed by atoms with van der Waals surface area (Å²) in [4.78, 5) is 36.8. The number of hydrogen-bond donors (Lipinski definition) is 2. The maximum Gasteiger partial charge on any atom is 0.323 e. The molecule has 2 N–H and O–H groups in total. The standard InChI is InChI=1S/C18H18N2O4/c1-2-3-9-19-14-8-7-13-16-11(14)5-4-6-12(16)17(23)20(18(13)24)10-15(21)22/h4-8,19H,2-3,9-10H2,1H3,(H,21,22). The van der Waals surface area contributed by atoms with Gasteiger partial charge in [-0.2, -0.15) is 0 Å². The van der Waals surface area contributed by atoms with E-state index in [2.05, 4.69) is 12.2 Å². The zero-order valence-corrected chi connectivity index (χ0v) is 13.3. The van der Waals surface area contributed by atoms with E-state index < -0.39 is 24.3 Å². The molecule has 1 aliphatic rings. The van der Waals surface area contributed by atoms with Crippen molar-refractivity contribution in [3.05, 3.63) is 41.5 Å². The SMILES string of the molecule is CCCCNc1ccc2c3c(cccc13)C(=O)N(CC(=O)O)C2=O. The van der Waals surface area contributed by atoms with Crippen LogP contribution in [0.5, 0.6) is 0 Å². The van der Waals surface area contributed by atoms with Gasteiger partial charge in [0.05, 0.1) is 0 Å². The molecule has 0 saturated heterocycles. The number of anilines is 1. The van der Waals surface area contributed by atoms with E-state index in [1.165, 1.54) is 0 Å². The predicted octanol–water partition coefficient (Wildman–Crippen LogP) is 2.73. The van der Waals surface area contributed by atoms with Gasteiger partial charge in [0.2, 0.25) is 0 Å². The van der Waals surface area contributed by atoms with Crippen LogP contribution in [0.1, 0.15) is 40.5 Å². The molecule has 0 aliphatic carbocycles. The van der Waals surface area contributed by atoms with E-state index >= 15 is 0 Å². The van der Waals surface area contributed by atoms with Gasteiger partial charge in [0.25, 0.3) is 11.8 Å². The molecule has 1 heterocycles.